The number of rotatable bonds is 4. The normalized spacial score (nSPS) is 19.7. The average molecular weight is 362 g/mol. The third kappa shape index (κ3) is 4.58. The van der Waals surface area contributed by atoms with Gasteiger partial charge in [-0.05, 0) is 19.9 Å². The highest BCUT2D eigenvalue weighted by Gasteiger charge is 2.27. The van der Waals surface area contributed by atoms with Crippen molar-refractivity contribution in [2.45, 2.75) is 38.8 Å². The first-order chi connectivity index (χ1) is 12.6. The minimum atomic E-state index is -0.155. The predicted octanol–water partition coefficient (Wildman–Crippen LogP) is 2.22. The maximum Gasteiger partial charge on any atom is 0.410 e. The fourth-order valence-electron chi connectivity index (χ4n) is 3.55. The molecule has 1 aromatic heterocycles. The number of pyridine rings is 1. The Labute approximate surface area is 155 Å². The Hall–Kier alpha value is -2.02. The Morgan fingerprint density at radius 3 is 2.35 bits per heavy atom. The van der Waals surface area contributed by atoms with Gasteiger partial charge in [0.2, 0.25) is 5.88 Å². The molecule has 0 aliphatic carbocycles. The summed E-state index contributed by atoms with van der Waals surface area (Å²) in [7, 11) is 1.62. The second-order valence-corrected chi connectivity index (χ2v) is 7.25. The molecule has 0 spiro atoms. The first-order valence-corrected chi connectivity index (χ1v) is 9.51. The van der Waals surface area contributed by atoms with Crippen LogP contribution >= 0.6 is 0 Å². The number of anilines is 1. The van der Waals surface area contributed by atoms with Crippen LogP contribution in [-0.2, 0) is 4.74 Å². The van der Waals surface area contributed by atoms with E-state index in [1.54, 1.807) is 7.11 Å². The molecule has 3 heterocycles. The first-order valence-electron chi connectivity index (χ1n) is 9.51. The maximum absolute atomic E-state index is 12.4. The first kappa shape index (κ1) is 18.8. The van der Waals surface area contributed by atoms with Crippen LogP contribution in [0.3, 0.4) is 0 Å². The molecule has 3 rings (SSSR count). The number of amides is 1. The molecule has 0 bridgehead atoms. The fraction of sp³-hybridized carbons (Fsp3) is 0.684. The quantitative estimate of drug-likeness (QED) is 0.819. The Morgan fingerprint density at radius 2 is 1.81 bits per heavy atom. The van der Waals surface area contributed by atoms with Gasteiger partial charge in [-0.1, -0.05) is 0 Å². The summed E-state index contributed by atoms with van der Waals surface area (Å²) in [4.78, 5) is 23.2. The van der Waals surface area contributed by atoms with Gasteiger partial charge < -0.3 is 19.3 Å². The second kappa shape index (κ2) is 8.58. The lowest BCUT2D eigenvalue weighted by molar-refractivity contribution is 0.0338. The smallest absolute Gasteiger partial charge is 0.410 e. The molecule has 2 saturated heterocycles. The number of hydrogen-bond acceptors (Lipinski definition) is 6. The zero-order chi connectivity index (χ0) is 18.5. The monoisotopic (exact) mass is 362 g/mol. The molecule has 26 heavy (non-hydrogen) atoms. The van der Waals surface area contributed by atoms with Crippen molar-refractivity contribution in [2.24, 2.45) is 0 Å². The number of carbonyl (C=O) groups is 1. The molecule has 144 valence electrons. The molecule has 0 radical (unpaired) electrons. The van der Waals surface area contributed by atoms with E-state index in [1.165, 1.54) is 0 Å². The summed E-state index contributed by atoms with van der Waals surface area (Å²) in [6, 6.07) is 4.43. The molecule has 0 atom stereocenters. The van der Waals surface area contributed by atoms with Crippen molar-refractivity contribution >= 4 is 11.8 Å². The van der Waals surface area contributed by atoms with Gasteiger partial charge >= 0.3 is 6.09 Å². The van der Waals surface area contributed by atoms with Gasteiger partial charge in [0.15, 0.2) is 0 Å². The Kier molecular flexibility index (Phi) is 6.19. The number of methoxy groups -OCH3 is 1. The number of ether oxygens (including phenoxy) is 2. The molecule has 0 unspecified atom stereocenters. The van der Waals surface area contributed by atoms with Gasteiger partial charge in [0, 0.05) is 64.2 Å². The number of nitrogens with zero attached hydrogens (tertiary/aromatic N) is 4. The topological polar surface area (TPSA) is 58.1 Å². The molecule has 7 nitrogen and oxygen atoms in total. The molecule has 2 aliphatic heterocycles. The zero-order valence-corrected chi connectivity index (χ0v) is 16.1. The Bertz CT molecular complexity index is 577. The highest BCUT2D eigenvalue weighted by atomic mass is 16.6. The lowest BCUT2D eigenvalue weighted by Gasteiger charge is -2.38. The number of carbonyl (C=O) groups excluding carboxylic acids is 1. The van der Waals surface area contributed by atoms with Gasteiger partial charge in [-0.3, -0.25) is 4.90 Å². The van der Waals surface area contributed by atoms with Crippen molar-refractivity contribution < 1.29 is 14.3 Å². The van der Waals surface area contributed by atoms with Crippen LogP contribution in [0.1, 0.15) is 26.7 Å². The number of aromatic nitrogens is 1. The van der Waals surface area contributed by atoms with E-state index in [0.717, 1.165) is 57.8 Å². The van der Waals surface area contributed by atoms with Crippen molar-refractivity contribution in [3.63, 3.8) is 0 Å². The summed E-state index contributed by atoms with van der Waals surface area (Å²) >= 11 is 0. The van der Waals surface area contributed by atoms with Crippen LogP contribution < -0.4 is 9.64 Å². The SMILES string of the molecule is COc1ccc(N2CCC(OC(=O)N3CCN(C(C)C)CC3)CC2)cn1. The van der Waals surface area contributed by atoms with Gasteiger partial charge in [-0.15, -0.1) is 0 Å². The summed E-state index contributed by atoms with van der Waals surface area (Å²) in [6.07, 6.45) is 3.39. The van der Waals surface area contributed by atoms with E-state index in [9.17, 15) is 4.79 Å². The van der Waals surface area contributed by atoms with Gasteiger partial charge in [-0.2, -0.15) is 0 Å². The minimum absolute atomic E-state index is 0.00749. The summed E-state index contributed by atoms with van der Waals surface area (Å²) in [5.41, 5.74) is 1.08. The van der Waals surface area contributed by atoms with Crippen LogP contribution in [0.4, 0.5) is 10.5 Å². The Balaban J connectivity index is 1.43. The van der Waals surface area contributed by atoms with E-state index in [1.807, 2.05) is 23.2 Å². The Morgan fingerprint density at radius 1 is 1.12 bits per heavy atom. The van der Waals surface area contributed by atoms with Gasteiger partial charge in [0.25, 0.3) is 0 Å². The highest BCUT2D eigenvalue weighted by Crippen LogP contribution is 2.22. The molecule has 7 heteroatoms. The summed E-state index contributed by atoms with van der Waals surface area (Å²) in [5.74, 6) is 0.620. The third-order valence-electron chi connectivity index (χ3n) is 5.31. The lowest BCUT2D eigenvalue weighted by Crippen LogP contribution is -2.51. The van der Waals surface area contributed by atoms with Crippen molar-refractivity contribution in [1.29, 1.82) is 0 Å². The summed E-state index contributed by atoms with van der Waals surface area (Å²) in [6.45, 7) is 9.49. The second-order valence-electron chi connectivity index (χ2n) is 7.25. The van der Waals surface area contributed by atoms with Crippen LogP contribution in [0.5, 0.6) is 5.88 Å². The molecule has 0 N–H and O–H groups in total. The third-order valence-corrected chi connectivity index (χ3v) is 5.31. The maximum atomic E-state index is 12.4. The van der Waals surface area contributed by atoms with E-state index in [-0.39, 0.29) is 12.2 Å². The largest absolute Gasteiger partial charge is 0.481 e. The van der Waals surface area contributed by atoms with Crippen LogP contribution in [-0.4, -0.2) is 79.4 Å². The van der Waals surface area contributed by atoms with E-state index >= 15 is 0 Å². The predicted molar refractivity (Wildman–Crippen MR) is 101 cm³/mol. The minimum Gasteiger partial charge on any atom is -0.481 e. The zero-order valence-electron chi connectivity index (χ0n) is 16.1. The summed E-state index contributed by atoms with van der Waals surface area (Å²) < 4.78 is 10.9. The van der Waals surface area contributed by atoms with E-state index in [0.29, 0.717) is 11.9 Å². The van der Waals surface area contributed by atoms with Crippen molar-refractivity contribution in [2.75, 3.05) is 51.3 Å². The molecule has 1 aromatic rings. The standard InChI is InChI=1S/C19H30N4O3/c1-15(2)21-10-12-23(13-11-21)19(24)26-17-6-8-22(9-7-17)16-4-5-18(25-3)20-14-16/h4-5,14-15,17H,6-13H2,1-3H3. The van der Waals surface area contributed by atoms with Crippen LogP contribution in [0.2, 0.25) is 0 Å². The van der Waals surface area contributed by atoms with Crippen molar-refractivity contribution in [3.05, 3.63) is 18.3 Å². The van der Waals surface area contributed by atoms with E-state index < -0.39 is 0 Å². The molecule has 0 aromatic carbocycles. The molecule has 2 fully saturated rings. The van der Waals surface area contributed by atoms with Gasteiger partial charge in [-0.25, -0.2) is 9.78 Å². The summed E-state index contributed by atoms with van der Waals surface area (Å²) in [5, 5.41) is 0. The van der Waals surface area contributed by atoms with Crippen LogP contribution in [0.25, 0.3) is 0 Å². The number of hydrogen-bond donors (Lipinski definition) is 0. The van der Waals surface area contributed by atoms with Crippen LogP contribution in [0, 0.1) is 0 Å². The molecular weight excluding hydrogens is 332 g/mol. The number of piperazine rings is 1. The molecule has 0 saturated carbocycles. The number of piperidine rings is 1. The fourth-order valence-corrected chi connectivity index (χ4v) is 3.55. The average Bonchev–Trinajstić information content (AvgIpc) is 2.68. The van der Waals surface area contributed by atoms with Crippen molar-refractivity contribution in [3.8, 4) is 5.88 Å². The van der Waals surface area contributed by atoms with E-state index in [2.05, 4.69) is 28.6 Å². The highest BCUT2D eigenvalue weighted by molar-refractivity contribution is 5.68. The lowest BCUT2D eigenvalue weighted by atomic mass is 10.1. The molecular formula is C19H30N4O3. The van der Waals surface area contributed by atoms with Gasteiger partial charge in [0.05, 0.1) is 19.0 Å². The van der Waals surface area contributed by atoms with E-state index in [4.69, 9.17) is 9.47 Å². The van der Waals surface area contributed by atoms with Gasteiger partial charge in [0.1, 0.15) is 6.10 Å². The molecule has 1 amide bonds. The molecule has 2 aliphatic rings. The van der Waals surface area contributed by atoms with Crippen LogP contribution in [0.15, 0.2) is 18.3 Å². The van der Waals surface area contributed by atoms with Crippen molar-refractivity contribution in [1.82, 2.24) is 14.8 Å².